The largest absolute Gasteiger partial charge is 0.385 e. The summed E-state index contributed by atoms with van der Waals surface area (Å²) in [4.78, 5) is 25.1. The second kappa shape index (κ2) is 9.37. The van der Waals surface area contributed by atoms with Crippen LogP contribution in [0.25, 0.3) is 0 Å². The van der Waals surface area contributed by atoms with E-state index in [-0.39, 0.29) is 24.8 Å². The Morgan fingerprint density at radius 2 is 2.05 bits per heavy atom. The first-order valence-corrected chi connectivity index (χ1v) is 7.15. The van der Waals surface area contributed by atoms with Crippen molar-refractivity contribution in [2.75, 3.05) is 33.9 Å². The molecule has 0 aromatic heterocycles. The predicted molar refractivity (Wildman–Crippen MR) is 82.3 cm³/mol. The first-order valence-electron chi connectivity index (χ1n) is 6.77. The number of benzene rings is 1. The van der Waals surface area contributed by atoms with Crippen molar-refractivity contribution in [2.45, 2.75) is 12.8 Å². The van der Waals surface area contributed by atoms with Gasteiger partial charge in [-0.1, -0.05) is 29.8 Å². The Balaban J connectivity index is 2.37. The maximum Gasteiger partial charge on any atom is 0.239 e. The van der Waals surface area contributed by atoms with E-state index in [0.29, 0.717) is 18.2 Å². The van der Waals surface area contributed by atoms with Crippen molar-refractivity contribution in [1.29, 1.82) is 0 Å². The number of carbonyl (C=O) groups excluding carboxylic acids is 2. The molecule has 1 rings (SSSR count). The molecule has 0 unspecified atom stereocenters. The van der Waals surface area contributed by atoms with E-state index in [4.69, 9.17) is 16.3 Å². The van der Waals surface area contributed by atoms with E-state index in [1.807, 2.05) is 12.1 Å². The smallest absolute Gasteiger partial charge is 0.239 e. The summed E-state index contributed by atoms with van der Waals surface area (Å²) < 4.78 is 4.89. The van der Waals surface area contributed by atoms with Crippen molar-refractivity contribution in [3.8, 4) is 0 Å². The predicted octanol–water partition coefficient (Wildman–Crippen LogP) is 1.49. The summed E-state index contributed by atoms with van der Waals surface area (Å²) in [7, 11) is 3.22. The Hall–Kier alpha value is -1.59. The van der Waals surface area contributed by atoms with Crippen molar-refractivity contribution in [2.24, 2.45) is 0 Å². The number of hydrogen-bond donors (Lipinski definition) is 1. The molecule has 0 spiro atoms. The highest BCUT2D eigenvalue weighted by molar-refractivity contribution is 6.31. The van der Waals surface area contributed by atoms with E-state index in [9.17, 15) is 9.59 Å². The van der Waals surface area contributed by atoms with Crippen LogP contribution in [-0.2, 0) is 20.7 Å². The highest BCUT2D eigenvalue weighted by Crippen LogP contribution is 2.15. The van der Waals surface area contributed by atoms with E-state index in [1.54, 1.807) is 26.3 Å². The van der Waals surface area contributed by atoms with Gasteiger partial charge >= 0.3 is 0 Å². The van der Waals surface area contributed by atoms with Crippen LogP contribution in [0.15, 0.2) is 24.3 Å². The first kappa shape index (κ1) is 17.5. The molecule has 6 heteroatoms. The molecule has 21 heavy (non-hydrogen) atoms. The number of nitrogens with one attached hydrogen (secondary N) is 1. The van der Waals surface area contributed by atoms with E-state index >= 15 is 0 Å². The minimum atomic E-state index is -0.180. The number of ether oxygens (including phenoxy) is 1. The van der Waals surface area contributed by atoms with Gasteiger partial charge in [0.1, 0.15) is 0 Å². The van der Waals surface area contributed by atoms with Crippen LogP contribution in [0.4, 0.5) is 0 Å². The minimum Gasteiger partial charge on any atom is -0.385 e. The number of hydrogen-bond acceptors (Lipinski definition) is 3. The lowest BCUT2D eigenvalue weighted by atomic mass is 10.1. The topological polar surface area (TPSA) is 58.6 Å². The number of rotatable bonds is 8. The molecule has 2 amide bonds. The third-order valence-electron chi connectivity index (χ3n) is 2.95. The number of carbonyl (C=O) groups is 2. The molecule has 5 nitrogen and oxygen atoms in total. The van der Waals surface area contributed by atoms with Crippen LogP contribution in [0.2, 0.25) is 5.02 Å². The van der Waals surface area contributed by atoms with Crippen LogP contribution in [0.1, 0.15) is 12.0 Å². The van der Waals surface area contributed by atoms with Crippen LogP contribution in [0, 0.1) is 0 Å². The minimum absolute atomic E-state index is 0.0380. The van der Waals surface area contributed by atoms with Gasteiger partial charge in [0.05, 0.1) is 13.0 Å². The fourth-order valence-corrected chi connectivity index (χ4v) is 1.95. The average Bonchev–Trinajstić information content (AvgIpc) is 2.46. The van der Waals surface area contributed by atoms with E-state index in [0.717, 1.165) is 12.0 Å². The molecule has 1 N–H and O–H groups in total. The molecule has 116 valence electrons. The Morgan fingerprint density at radius 3 is 2.71 bits per heavy atom. The van der Waals surface area contributed by atoms with Gasteiger partial charge in [0.25, 0.3) is 0 Å². The number of amides is 2. The first-order chi connectivity index (χ1) is 10.0. The van der Waals surface area contributed by atoms with Gasteiger partial charge in [-0.05, 0) is 18.1 Å². The maximum absolute atomic E-state index is 12.0. The van der Waals surface area contributed by atoms with Gasteiger partial charge in [0, 0.05) is 32.3 Å². The van der Waals surface area contributed by atoms with Crippen molar-refractivity contribution in [1.82, 2.24) is 10.2 Å². The molecule has 0 aliphatic rings. The summed E-state index contributed by atoms with van der Waals surface area (Å²) in [6.07, 6.45) is 0.937. The lowest BCUT2D eigenvalue weighted by molar-refractivity contribution is -0.134. The molecule has 0 fully saturated rings. The van der Waals surface area contributed by atoms with Crippen LogP contribution in [-0.4, -0.2) is 50.6 Å². The van der Waals surface area contributed by atoms with Gasteiger partial charge in [0.2, 0.25) is 11.8 Å². The normalized spacial score (nSPS) is 10.2. The second-order valence-corrected chi connectivity index (χ2v) is 5.12. The third kappa shape index (κ3) is 6.60. The maximum atomic E-state index is 12.0. The van der Waals surface area contributed by atoms with Crippen molar-refractivity contribution < 1.29 is 14.3 Å². The summed E-state index contributed by atoms with van der Waals surface area (Å²) >= 11 is 6.02. The lowest BCUT2D eigenvalue weighted by Gasteiger charge is -2.17. The van der Waals surface area contributed by atoms with Crippen molar-refractivity contribution in [3.63, 3.8) is 0 Å². The Bertz CT molecular complexity index is 480. The number of nitrogens with zero attached hydrogens (tertiary/aromatic N) is 1. The molecule has 0 bridgehead atoms. The van der Waals surface area contributed by atoms with Gasteiger partial charge in [0.15, 0.2) is 0 Å². The zero-order valence-electron chi connectivity index (χ0n) is 12.4. The molecular formula is C15H21ClN2O3. The average molecular weight is 313 g/mol. The molecule has 0 saturated heterocycles. The molecule has 0 radical (unpaired) electrons. The highest BCUT2D eigenvalue weighted by atomic mass is 35.5. The molecule has 0 saturated carbocycles. The standard InChI is InChI=1S/C15H21ClN2O3/c1-18(11-14(19)17-8-5-9-21-2)15(20)10-12-6-3-4-7-13(12)16/h3-4,6-7H,5,8-11H2,1-2H3,(H,17,19). The fourth-order valence-electron chi connectivity index (χ4n) is 1.74. The van der Waals surface area contributed by atoms with E-state index < -0.39 is 0 Å². The number of methoxy groups -OCH3 is 1. The van der Waals surface area contributed by atoms with Crippen molar-refractivity contribution in [3.05, 3.63) is 34.9 Å². The number of likely N-dealkylation sites (N-methyl/N-ethyl adjacent to an activating group) is 1. The molecule has 0 heterocycles. The van der Waals surface area contributed by atoms with Gasteiger partial charge < -0.3 is 15.0 Å². The summed E-state index contributed by atoms with van der Waals surface area (Å²) in [6, 6.07) is 7.19. The molecule has 1 aromatic rings. The summed E-state index contributed by atoms with van der Waals surface area (Å²) in [5.41, 5.74) is 0.761. The fraction of sp³-hybridized carbons (Fsp3) is 0.467. The Morgan fingerprint density at radius 1 is 1.33 bits per heavy atom. The van der Waals surface area contributed by atoms with Gasteiger partial charge in [-0.2, -0.15) is 0 Å². The zero-order valence-corrected chi connectivity index (χ0v) is 13.2. The zero-order chi connectivity index (χ0) is 15.7. The molecular weight excluding hydrogens is 292 g/mol. The number of halogens is 1. The lowest BCUT2D eigenvalue weighted by Crippen LogP contribution is -2.39. The van der Waals surface area contributed by atoms with Gasteiger partial charge in [-0.25, -0.2) is 0 Å². The summed E-state index contributed by atoms with van der Waals surface area (Å²) in [5.74, 6) is -0.323. The SMILES string of the molecule is COCCCNC(=O)CN(C)C(=O)Cc1ccccc1Cl. The highest BCUT2D eigenvalue weighted by Gasteiger charge is 2.14. The molecule has 0 atom stereocenters. The summed E-state index contributed by atoms with van der Waals surface area (Å²) in [5, 5.41) is 3.30. The quantitative estimate of drug-likeness (QED) is 0.740. The van der Waals surface area contributed by atoms with Crippen molar-refractivity contribution >= 4 is 23.4 Å². The molecule has 1 aromatic carbocycles. The van der Waals surface area contributed by atoms with Gasteiger partial charge in [-0.15, -0.1) is 0 Å². The summed E-state index contributed by atoms with van der Waals surface area (Å²) in [6.45, 7) is 1.18. The van der Waals surface area contributed by atoms with E-state index in [2.05, 4.69) is 5.32 Å². The van der Waals surface area contributed by atoms with Crippen LogP contribution in [0.5, 0.6) is 0 Å². The molecule has 0 aliphatic heterocycles. The van der Waals surface area contributed by atoms with Crippen LogP contribution < -0.4 is 5.32 Å². The van der Waals surface area contributed by atoms with Crippen LogP contribution in [0.3, 0.4) is 0 Å². The Kier molecular flexibility index (Phi) is 7.79. The Labute approximate surface area is 130 Å². The third-order valence-corrected chi connectivity index (χ3v) is 3.32. The van der Waals surface area contributed by atoms with E-state index in [1.165, 1.54) is 4.90 Å². The molecule has 0 aliphatic carbocycles. The van der Waals surface area contributed by atoms with Gasteiger partial charge in [-0.3, -0.25) is 9.59 Å². The second-order valence-electron chi connectivity index (χ2n) is 4.71. The monoisotopic (exact) mass is 312 g/mol. The van der Waals surface area contributed by atoms with Crippen LogP contribution >= 0.6 is 11.6 Å².